The van der Waals surface area contributed by atoms with Gasteiger partial charge in [0.1, 0.15) is 0 Å². The molecule has 0 aliphatic carbocycles. The van der Waals surface area contributed by atoms with Gasteiger partial charge in [0.25, 0.3) is 5.91 Å². The van der Waals surface area contributed by atoms with Crippen molar-refractivity contribution >= 4 is 17.3 Å². The summed E-state index contributed by atoms with van der Waals surface area (Å²) in [5.41, 5.74) is 3.55. The van der Waals surface area contributed by atoms with Gasteiger partial charge in [0, 0.05) is 38.1 Å². The Kier molecular flexibility index (Phi) is 5.80. The van der Waals surface area contributed by atoms with Crippen molar-refractivity contribution in [2.24, 2.45) is 0 Å². The molecule has 0 saturated carbocycles. The van der Waals surface area contributed by atoms with Crippen molar-refractivity contribution in [3.05, 3.63) is 53.9 Å². The maximum Gasteiger partial charge on any atom is 0.257 e. The molecule has 3 rings (SSSR count). The summed E-state index contributed by atoms with van der Waals surface area (Å²) in [6.45, 7) is 13.8. The van der Waals surface area contributed by atoms with Gasteiger partial charge in [0.15, 0.2) is 0 Å². The predicted molar refractivity (Wildman–Crippen MR) is 112 cm³/mol. The van der Waals surface area contributed by atoms with Crippen LogP contribution in [0.4, 0.5) is 11.4 Å². The fraction of sp³-hybridized carbons (Fsp3) is 0.455. The highest BCUT2D eigenvalue weighted by atomic mass is 16.1. The summed E-state index contributed by atoms with van der Waals surface area (Å²) in [6, 6.07) is 9.93. The van der Waals surface area contributed by atoms with Crippen molar-refractivity contribution in [1.82, 2.24) is 9.88 Å². The van der Waals surface area contributed by atoms with Crippen LogP contribution in [0.15, 0.2) is 42.7 Å². The van der Waals surface area contributed by atoms with E-state index in [2.05, 4.69) is 53.9 Å². The van der Waals surface area contributed by atoms with E-state index in [1.54, 1.807) is 6.20 Å². The van der Waals surface area contributed by atoms with Gasteiger partial charge in [0.2, 0.25) is 0 Å². The van der Waals surface area contributed by atoms with Crippen LogP contribution in [-0.4, -0.2) is 48.5 Å². The van der Waals surface area contributed by atoms with E-state index in [0.717, 1.165) is 49.7 Å². The third-order valence-electron chi connectivity index (χ3n) is 5.15. The molecule has 1 aliphatic rings. The minimum Gasteiger partial charge on any atom is -0.368 e. The van der Waals surface area contributed by atoms with Gasteiger partial charge in [-0.3, -0.25) is 9.78 Å². The molecule has 1 fully saturated rings. The molecule has 0 atom stereocenters. The zero-order valence-electron chi connectivity index (χ0n) is 16.8. The number of amides is 1. The van der Waals surface area contributed by atoms with E-state index in [4.69, 9.17) is 0 Å². The number of likely N-dealkylation sites (N-methyl/N-ethyl adjacent to an activating group) is 1. The van der Waals surface area contributed by atoms with E-state index in [1.807, 2.05) is 30.5 Å². The molecule has 5 nitrogen and oxygen atoms in total. The SMILES string of the molecule is CCN1CCN(c2cncc(C(=O)Nc3ccccc3C(C)(C)C)c2)CC1. The third-order valence-corrected chi connectivity index (χ3v) is 5.15. The number of aromatic nitrogens is 1. The fourth-order valence-corrected chi connectivity index (χ4v) is 3.49. The van der Waals surface area contributed by atoms with Gasteiger partial charge in [-0.15, -0.1) is 0 Å². The summed E-state index contributed by atoms with van der Waals surface area (Å²) in [4.78, 5) is 21.9. The van der Waals surface area contributed by atoms with Gasteiger partial charge in [0.05, 0.1) is 17.4 Å². The maximum atomic E-state index is 12.8. The Hall–Kier alpha value is -2.40. The number of nitrogens with one attached hydrogen (secondary N) is 1. The van der Waals surface area contributed by atoms with Crippen molar-refractivity contribution in [3.63, 3.8) is 0 Å². The number of piperazine rings is 1. The van der Waals surface area contributed by atoms with Gasteiger partial charge in [-0.05, 0) is 29.7 Å². The van der Waals surface area contributed by atoms with Crippen LogP contribution in [0.1, 0.15) is 43.6 Å². The largest absolute Gasteiger partial charge is 0.368 e. The smallest absolute Gasteiger partial charge is 0.257 e. The van der Waals surface area contributed by atoms with Crippen molar-refractivity contribution in [2.75, 3.05) is 42.9 Å². The number of anilines is 2. The molecule has 1 aromatic carbocycles. The number of nitrogens with zero attached hydrogens (tertiary/aromatic N) is 3. The van der Waals surface area contributed by atoms with Crippen molar-refractivity contribution in [1.29, 1.82) is 0 Å². The lowest BCUT2D eigenvalue weighted by atomic mass is 9.86. The second-order valence-electron chi connectivity index (χ2n) is 8.10. The van der Waals surface area contributed by atoms with Crippen LogP contribution in [0.2, 0.25) is 0 Å². The molecule has 1 amide bonds. The number of carbonyl (C=O) groups excluding carboxylic acids is 1. The third kappa shape index (κ3) is 4.66. The Morgan fingerprint density at radius 2 is 1.81 bits per heavy atom. The summed E-state index contributed by atoms with van der Waals surface area (Å²) in [5, 5.41) is 3.07. The van der Waals surface area contributed by atoms with E-state index < -0.39 is 0 Å². The average molecular weight is 367 g/mol. The highest BCUT2D eigenvalue weighted by Gasteiger charge is 2.20. The molecule has 0 spiro atoms. The Morgan fingerprint density at radius 1 is 1.11 bits per heavy atom. The molecule has 2 heterocycles. The van der Waals surface area contributed by atoms with Crippen LogP contribution in [0.3, 0.4) is 0 Å². The number of hydrogen-bond acceptors (Lipinski definition) is 4. The fourth-order valence-electron chi connectivity index (χ4n) is 3.49. The lowest BCUT2D eigenvalue weighted by Gasteiger charge is -2.35. The minimum atomic E-state index is -0.117. The highest BCUT2D eigenvalue weighted by molar-refractivity contribution is 6.05. The lowest BCUT2D eigenvalue weighted by molar-refractivity contribution is 0.102. The zero-order valence-corrected chi connectivity index (χ0v) is 16.8. The number of pyridine rings is 1. The molecule has 0 radical (unpaired) electrons. The van der Waals surface area contributed by atoms with Crippen LogP contribution >= 0.6 is 0 Å². The summed E-state index contributed by atoms with van der Waals surface area (Å²) < 4.78 is 0. The van der Waals surface area contributed by atoms with E-state index in [0.29, 0.717) is 5.56 Å². The second-order valence-corrected chi connectivity index (χ2v) is 8.10. The standard InChI is InChI=1S/C22H30N4O/c1-5-25-10-12-26(13-11-25)18-14-17(15-23-16-18)21(27)24-20-9-7-6-8-19(20)22(2,3)4/h6-9,14-16H,5,10-13H2,1-4H3,(H,24,27). The van der Waals surface area contributed by atoms with E-state index in [9.17, 15) is 4.79 Å². The van der Waals surface area contributed by atoms with Crippen LogP contribution in [-0.2, 0) is 5.41 Å². The van der Waals surface area contributed by atoms with Gasteiger partial charge in [-0.25, -0.2) is 0 Å². The van der Waals surface area contributed by atoms with Crippen LogP contribution in [0, 0.1) is 0 Å². The second kappa shape index (κ2) is 8.09. The van der Waals surface area contributed by atoms with Gasteiger partial charge < -0.3 is 15.1 Å². The van der Waals surface area contributed by atoms with Gasteiger partial charge in [-0.1, -0.05) is 45.9 Å². The number of carbonyl (C=O) groups is 1. The molecule has 1 aliphatic heterocycles. The lowest BCUT2D eigenvalue weighted by Crippen LogP contribution is -2.46. The van der Waals surface area contributed by atoms with Crippen molar-refractivity contribution in [3.8, 4) is 0 Å². The van der Waals surface area contributed by atoms with Crippen LogP contribution in [0.5, 0.6) is 0 Å². The molecular weight excluding hydrogens is 336 g/mol. The first-order valence-electron chi connectivity index (χ1n) is 9.71. The molecule has 1 saturated heterocycles. The molecule has 0 unspecified atom stereocenters. The van der Waals surface area contributed by atoms with Gasteiger partial charge in [-0.2, -0.15) is 0 Å². The monoisotopic (exact) mass is 366 g/mol. The normalized spacial score (nSPS) is 15.6. The van der Waals surface area contributed by atoms with Crippen molar-refractivity contribution < 1.29 is 4.79 Å². The predicted octanol–water partition coefficient (Wildman–Crippen LogP) is 3.77. The summed E-state index contributed by atoms with van der Waals surface area (Å²) in [5.74, 6) is -0.117. The number of para-hydroxylation sites is 1. The van der Waals surface area contributed by atoms with Crippen LogP contribution < -0.4 is 10.2 Å². The summed E-state index contributed by atoms with van der Waals surface area (Å²) >= 11 is 0. The molecule has 1 N–H and O–H groups in total. The first-order chi connectivity index (χ1) is 12.9. The molecule has 1 aromatic heterocycles. The Balaban J connectivity index is 1.75. The zero-order chi connectivity index (χ0) is 19.4. The minimum absolute atomic E-state index is 0.0388. The Morgan fingerprint density at radius 3 is 2.48 bits per heavy atom. The molecule has 144 valence electrons. The summed E-state index contributed by atoms with van der Waals surface area (Å²) in [6.07, 6.45) is 3.49. The quantitative estimate of drug-likeness (QED) is 0.895. The van der Waals surface area contributed by atoms with Gasteiger partial charge >= 0.3 is 0 Å². The average Bonchev–Trinajstić information content (AvgIpc) is 2.68. The van der Waals surface area contributed by atoms with E-state index in [1.165, 1.54) is 0 Å². The van der Waals surface area contributed by atoms with E-state index >= 15 is 0 Å². The topological polar surface area (TPSA) is 48.5 Å². The number of hydrogen-bond donors (Lipinski definition) is 1. The number of rotatable bonds is 4. The molecule has 5 heteroatoms. The Bertz CT molecular complexity index is 789. The number of benzene rings is 1. The highest BCUT2D eigenvalue weighted by Crippen LogP contribution is 2.29. The molecule has 27 heavy (non-hydrogen) atoms. The molecule has 0 bridgehead atoms. The summed E-state index contributed by atoms with van der Waals surface area (Å²) in [7, 11) is 0. The van der Waals surface area contributed by atoms with Crippen LogP contribution in [0.25, 0.3) is 0 Å². The maximum absolute atomic E-state index is 12.8. The van der Waals surface area contributed by atoms with E-state index in [-0.39, 0.29) is 11.3 Å². The van der Waals surface area contributed by atoms with Crippen molar-refractivity contribution in [2.45, 2.75) is 33.1 Å². The first-order valence-corrected chi connectivity index (χ1v) is 9.71. The Labute approximate surface area is 162 Å². The molecule has 2 aromatic rings. The molecular formula is C22H30N4O. The first kappa shape index (κ1) is 19.4.